The van der Waals surface area contributed by atoms with Crippen molar-refractivity contribution in [1.29, 1.82) is 0 Å². The maximum atomic E-state index is 3.63. The molecule has 2 nitrogen and oxygen atoms in total. The largest absolute Gasteiger partial charge is 0.315 e. The van der Waals surface area contributed by atoms with Gasteiger partial charge in [-0.2, -0.15) is 0 Å². The van der Waals surface area contributed by atoms with Crippen LogP contribution in [0.4, 0.5) is 0 Å². The fraction of sp³-hybridized carbons (Fsp3) is 1.00. The van der Waals surface area contributed by atoms with E-state index in [-0.39, 0.29) is 0 Å². The van der Waals surface area contributed by atoms with E-state index in [9.17, 15) is 0 Å². The molecule has 0 amide bonds. The zero-order chi connectivity index (χ0) is 11.1. The normalized spacial score (nSPS) is 25.4. The Balaban J connectivity index is 2.17. The van der Waals surface area contributed by atoms with Gasteiger partial charge in [-0.25, -0.2) is 0 Å². The minimum absolute atomic E-state index is 0.799. The summed E-state index contributed by atoms with van der Waals surface area (Å²) in [4.78, 5) is 2.63. The number of hydrogen-bond acceptors (Lipinski definition) is 2. The Morgan fingerprint density at radius 3 is 2.80 bits per heavy atom. The lowest BCUT2D eigenvalue weighted by molar-refractivity contribution is 0.152. The predicted octanol–water partition coefficient (Wildman–Crippen LogP) is 2.50. The molecule has 1 fully saturated rings. The molecule has 2 unspecified atom stereocenters. The van der Waals surface area contributed by atoms with E-state index in [0.717, 1.165) is 12.0 Å². The fourth-order valence-corrected chi connectivity index (χ4v) is 2.35. The van der Waals surface area contributed by atoms with E-state index < -0.39 is 0 Å². The van der Waals surface area contributed by atoms with Crippen molar-refractivity contribution in [3.8, 4) is 0 Å². The van der Waals surface area contributed by atoms with Crippen molar-refractivity contribution in [3.05, 3.63) is 0 Å². The van der Waals surface area contributed by atoms with Gasteiger partial charge in [0.25, 0.3) is 0 Å². The second kappa shape index (κ2) is 7.24. The highest BCUT2D eigenvalue weighted by molar-refractivity contribution is 4.78. The van der Waals surface area contributed by atoms with Gasteiger partial charge in [0.15, 0.2) is 0 Å². The first-order valence-corrected chi connectivity index (χ1v) is 6.72. The number of piperidine rings is 1. The van der Waals surface area contributed by atoms with Gasteiger partial charge in [0.1, 0.15) is 0 Å². The molecule has 0 bridgehead atoms. The van der Waals surface area contributed by atoms with Crippen LogP contribution >= 0.6 is 0 Å². The molecule has 1 saturated heterocycles. The molecule has 90 valence electrons. The molecule has 0 saturated carbocycles. The van der Waals surface area contributed by atoms with Crippen LogP contribution in [0.1, 0.15) is 46.5 Å². The SMILES string of the molecule is CCC(C)CNCC1CCCCN1CC. The van der Waals surface area contributed by atoms with E-state index in [2.05, 4.69) is 31.0 Å². The van der Waals surface area contributed by atoms with Gasteiger partial charge < -0.3 is 5.32 Å². The van der Waals surface area contributed by atoms with Crippen LogP contribution < -0.4 is 5.32 Å². The van der Waals surface area contributed by atoms with E-state index in [1.165, 1.54) is 51.9 Å². The molecule has 0 spiro atoms. The topological polar surface area (TPSA) is 15.3 Å². The van der Waals surface area contributed by atoms with Gasteiger partial charge in [-0.1, -0.05) is 33.6 Å². The molecular formula is C13H28N2. The van der Waals surface area contributed by atoms with Crippen molar-refractivity contribution < 1.29 is 0 Å². The zero-order valence-corrected chi connectivity index (χ0v) is 10.8. The second-order valence-corrected chi connectivity index (χ2v) is 4.95. The lowest BCUT2D eigenvalue weighted by Gasteiger charge is -2.35. The summed E-state index contributed by atoms with van der Waals surface area (Å²) in [5.74, 6) is 0.823. The van der Waals surface area contributed by atoms with Crippen LogP contribution in [-0.2, 0) is 0 Å². The first-order valence-electron chi connectivity index (χ1n) is 6.72. The van der Waals surface area contributed by atoms with Crippen LogP contribution in [0, 0.1) is 5.92 Å². The summed E-state index contributed by atoms with van der Waals surface area (Å²) in [7, 11) is 0. The van der Waals surface area contributed by atoms with Gasteiger partial charge in [-0.05, 0) is 38.4 Å². The third kappa shape index (κ3) is 4.52. The zero-order valence-electron chi connectivity index (χ0n) is 10.8. The summed E-state index contributed by atoms with van der Waals surface area (Å²) in [5.41, 5.74) is 0. The summed E-state index contributed by atoms with van der Waals surface area (Å²) in [5, 5.41) is 3.63. The lowest BCUT2D eigenvalue weighted by atomic mass is 10.0. The van der Waals surface area contributed by atoms with Crippen molar-refractivity contribution in [2.75, 3.05) is 26.2 Å². The molecule has 1 N–H and O–H groups in total. The molecular weight excluding hydrogens is 184 g/mol. The average Bonchev–Trinajstić information content (AvgIpc) is 2.29. The maximum absolute atomic E-state index is 3.63. The fourth-order valence-electron chi connectivity index (χ4n) is 2.35. The molecule has 0 aliphatic carbocycles. The van der Waals surface area contributed by atoms with Crippen molar-refractivity contribution >= 4 is 0 Å². The molecule has 1 heterocycles. The van der Waals surface area contributed by atoms with Gasteiger partial charge in [0.2, 0.25) is 0 Å². The van der Waals surface area contributed by atoms with Gasteiger partial charge in [0, 0.05) is 12.6 Å². The van der Waals surface area contributed by atoms with Gasteiger partial charge in [-0.3, -0.25) is 4.90 Å². The second-order valence-electron chi connectivity index (χ2n) is 4.95. The van der Waals surface area contributed by atoms with E-state index in [4.69, 9.17) is 0 Å². The van der Waals surface area contributed by atoms with Crippen LogP contribution in [0.15, 0.2) is 0 Å². The molecule has 0 aromatic rings. The first-order chi connectivity index (χ1) is 7.27. The smallest absolute Gasteiger partial charge is 0.0220 e. The highest BCUT2D eigenvalue weighted by Crippen LogP contribution is 2.15. The summed E-state index contributed by atoms with van der Waals surface area (Å²) < 4.78 is 0. The molecule has 1 aliphatic heterocycles. The number of likely N-dealkylation sites (tertiary alicyclic amines) is 1. The number of hydrogen-bond donors (Lipinski definition) is 1. The van der Waals surface area contributed by atoms with Crippen molar-refractivity contribution in [3.63, 3.8) is 0 Å². The molecule has 0 aromatic heterocycles. The average molecular weight is 212 g/mol. The van der Waals surface area contributed by atoms with Crippen LogP contribution in [0.25, 0.3) is 0 Å². The van der Waals surface area contributed by atoms with E-state index in [1.807, 2.05) is 0 Å². The quantitative estimate of drug-likeness (QED) is 0.728. The third-order valence-electron chi connectivity index (χ3n) is 3.72. The van der Waals surface area contributed by atoms with Gasteiger partial charge >= 0.3 is 0 Å². The Morgan fingerprint density at radius 1 is 1.33 bits per heavy atom. The van der Waals surface area contributed by atoms with E-state index >= 15 is 0 Å². The number of likely N-dealkylation sites (N-methyl/N-ethyl adjacent to an activating group) is 1. The minimum atomic E-state index is 0.799. The van der Waals surface area contributed by atoms with E-state index in [1.54, 1.807) is 0 Å². The van der Waals surface area contributed by atoms with Crippen molar-refractivity contribution in [1.82, 2.24) is 10.2 Å². The Labute approximate surface area is 95.4 Å². The Hall–Kier alpha value is -0.0800. The van der Waals surface area contributed by atoms with Gasteiger partial charge in [0.05, 0.1) is 0 Å². The Kier molecular flexibility index (Phi) is 6.26. The molecule has 2 heteroatoms. The van der Waals surface area contributed by atoms with Crippen LogP contribution in [0.5, 0.6) is 0 Å². The predicted molar refractivity (Wildman–Crippen MR) is 67.2 cm³/mol. The standard InChI is InChI=1S/C13H28N2/c1-4-12(3)10-14-11-13-8-6-7-9-15(13)5-2/h12-14H,4-11H2,1-3H3. The summed E-state index contributed by atoms with van der Waals surface area (Å²) in [6, 6.07) is 0.799. The van der Waals surface area contributed by atoms with Crippen LogP contribution in [-0.4, -0.2) is 37.1 Å². The molecule has 0 radical (unpaired) electrons. The highest BCUT2D eigenvalue weighted by Gasteiger charge is 2.20. The summed E-state index contributed by atoms with van der Waals surface area (Å²) >= 11 is 0. The Bertz CT molecular complexity index is 159. The molecule has 0 aromatic carbocycles. The first kappa shape index (κ1) is 13.0. The van der Waals surface area contributed by atoms with Crippen molar-refractivity contribution in [2.24, 2.45) is 5.92 Å². The molecule has 1 rings (SSSR count). The molecule has 1 aliphatic rings. The molecule has 15 heavy (non-hydrogen) atoms. The van der Waals surface area contributed by atoms with Crippen LogP contribution in [0.2, 0.25) is 0 Å². The maximum Gasteiger partial charge on any atom is 0.0220 e. The van der Waals surface area contributed by atoms with Gasteiger partial charge in [-0.15, -0.1) is 0 Å². The lowest BCUT2D eigenvalue weighted by Crippen LogP contribution is -2.45. The summed E-state index contributed by atoms with van der Waals surface area (Å²) in [6.45, 7) is 11.8. The minimum Gasteiger partial charge on any atom is -0.315 e. The molecule has 2 atom stereocenters. The number of nitrogens with zero attached hydrogens (tertiary/aromatic N) is 1. The van der Waals surface area contributed by atoms with Crippen LogP contribution in [0.3, 0.4) is 0 Å². The summed E-state index contributed by atoms with van der Waals surface area (Å²) in [6.07, 6.45) is 5.50. The monoisotopic (exact) mass is 212 g/mol. The highest BCUT2D eigenvalue weighted by atomic mass is 15.2. The van der Waals surface area contributed by atoms with Crippen molar-refractivity contribution in [2.45, 2.75) is 52.5 Å². The van der Waals surface area contributed by atoms with E-state index in [0.29, 0.717) is 0 Å². The number of nitrogens with one attached hydrogen (secondary N) is 1. The Morgan fingerprint density at radius 2 is 2.13 bits per heavy atom. The number of rotatable bonds is 6. The third-order valence-corrected chi connectivity index (χ3v) is 3.72.